The first-order valence-electron chi connectivity index (χ1n) is 6.34. The molecule has 17 heavy (non-hydrogen) atoms. The Labute approximate surface area is 104 Å². The van der Waals surface area contributed by atoms with Gasteiger partial charge in [-0.3, -0.25) is 0 Å². The predicted octanol–water partition coefficient (Wildman–Crippen LogP) is 3.05. The minimum Gasteiger partial charge on any atom is -0.491 e. The molecule has 1 aromatic rings. The summed E-state index contributed by atoms with van der Waals surface area (Å²) in [5.74, 6) is 0.871. The maximum absolute atomic E-state index is 9.48. The zero-order valence-electron chi connectivity index (χ0n) is 10.9. The van der Waals surface area contributed by atoms with Gasteiger partial charge in [0, 0.05) is 18.3 Å². The van der Waals surface area contributed by atoms with Crippen LogP contribution in [0.25, 0.3) is 0 Å². The number of nitrogens with one attached hydrogen (secondary N) is 1. The van der Waals surface area contributed by atoms with Gasteiger partial charge in [-0.2, -0.15) is 0 Å². The highest BCUT2D eigenvalue weighted by atomic mass is 16.5. The Morgan fingerprint density at radius 3 is 2.71 bits per heavy atom. The highest BCUT2D eigenvalue weighted by Gasteiger charge is 2.03. The molecule has 0 radical (unpaired) electrons. The number of aliphatic hydroxyl groups is 1. The molecular formula is C14H23NO2. The van der Waals surface area contributed by atoms with Gasteiger partial charge in [0.15, 0.2) is 0 Å². The summed E-state index contributed by atoms with van der Waals surface area (Å²) in [6.07, 6.45) is 1.68. The summed E-state index contributed by atoms with van der Waals surface area (Å²) < 4.78 is 5.73. The number of hydrogen-bond donors (Lipinski definition) is 2. The highest BCUT2D eigenvalue weighted by molar-refractivity contribution is 5.48. The fourth-order valence-electron chi connectivity index (χ4n) is 1.38. The molecule has 1 rings (SSSR count). The van der Waals surface area contributed by atoms with Crippen molar-refractivity contribution in [1.29, 1.82) is 0 Å². The molecule has 0 aliphatic heterocycles. The van der Waals surface area contributed by atoms with Crippen LogP contribution in [0.2, 0.25) is 0 Å². The van der Waals surface area contributed by atoms with Crippen LogP contribution in [0, 0.1) is 0 Å². The van der Waals surface area contributed by atoms with Gasteiger partial charge >= 0.3 is 0 Å². The van der Waals surface area contributed by atoms with Gasteiger partial charge in [-0.05, 0) is 31.9 Å². The first-order chi connectivity index (χ1) is 8.15. The van der Waals surface area contributed by atoms with Crippen LogP contribution in [-0.2, 0) is 0 Å². The number of aliphatic hydroxyl groups excluding tert-OH is 1. The summed E-state index contributed by atoms with van der Waals surface area (Å²) in [6, 6.07) is 7.85. The van der Waals surface area contributed by atoms with Crippen molar-refractivity contribution in [2.24, 2.45) is 0 Å². The molecule has 3 nitrogen and oxygen atoms in total. The van der Waals surface area contributed by atoms with E-state index in [2.05, 4.69) is 19.2 Å². The minimum absolute atomic E-state index is 0.228. The van der Waals surface area contributed by atoms with Crippen LogP contribution in [0.15, 0.2) is 24.3 Å². The third kappa shape index (κ3) is 5.09. The van der Waals surface area contributed by atoms with Gasteiger partial charge in [0.05, 0.1) is 12.2 Å². The average molecular weight is 237 g/mol. The predicted molar refractivity (Wildman–Crippen MR) is 71.6 cm³/mol. The Bertz CT molecular complexity index is 328. The fraction of sp³-hybridized carbons (Fsp3) is 0.571. The Morgan fingerprint density at radius 1 is 1.29 bits per heavy atom. The minimum atomic E-state index is -0.297. The molecule has 0 bridgehead atoms. The van der Waals surface area contributed by atoms with Crippen molar-refractivity contribution in [2.75, 3.05) is 11.9 Å². The van der Waals surface area contributed by atoms with E-state index >= 15 is 0 Å². The molecule has 0 saturated heterocycles. The maximum Gasteiger partial charge on any atom is 0.121 e. The number of hydrogen-bond acceptors (Lipinski definition) is 3. The second-order valence-electron chi connectivity index (χ2n) is 4.31. The van der Waals surface area contributed by atoms with Crippen LogP contribution in [0.5, 0.6) is 5.75 Å². The Hall–Kier alpha value is -1.22. The molecular weight excluding hydrogens is 214 g/mol. The molecule has 0 spiro atoms. The molecule has 0 heterocycles. The van der Waals surface area contributed by atoms with Crippen molar-refractivity contribution in [1.82, 2.24) is 0 Å². The molecule has 0 saturated carbocycles. The number of rotatable bonds is 7. The molecule has 2 N–H and O–H groups in total. The topological polar surface area (TPSA) is 41.5 Å². The van der Waals surface area contributed by atoms with E-state index < -0.39 is 0 Å². The maximum atomic E-state index is 9.48. The Balaban J connectivity index is 2.53. The standard InChI is InChI=1S/C14H23NO2/c1-4-11(3)17-14-8-6-7-12(9-14)15-10-13(16)5-2/h6-9,11,13,15-16H,4-5,10H2,1-3H3. The molecule has 2 unspecified atom stereocenters. The summed E-state index contributed by atoms with van der Waals surface area (Å²) in [5, 5.41) is 12.7. The van der Waals surface area contributed by atoms with Gasteiger partial charge in [-0.15, -0.1) is 0 Å². The van der Waals surface area contributed by atoms with Gasteiger partial charge in [-0.25, -0.2) is 0 Å². The summed E-state index contributed by atoms with van der Waals surface area (Å²) >= 11 is 0. The van der Waals surface area contributed by atoms with Crippen molar-refractivity contribution in [2.45, 2.75) is 45.8 Å². The van der Waals surface area contributed by atoms with Gasteiger partial charge in [0.25, 0.3) is 0 Å². The van der Waals surface area contributed by atoms with Gasteiger partial charge < -0.3 is 15.2 Å². The molecule has 2 atom stereocenters. The lowest BCUT2D eigenvalue weighted by molar-refractivity contribution is 0.183. The highest BCUT2D eigenvalue weighted by Crippen LogP contribution is 2.19. The lowest BCUT2D eigenvalue weighted by Gasteiger charge is -2.15. The fourth-order valence-corrected chi connectivity index (χ4v) is 1.38. The van der Waals surface area contributed by atoms with E-state index in [1.807, 2.05) is 31.2 Å². The van der Waals surface area contributed by atoms with E-state index in [0.717, 1.165) is 24.3 Å². The molecule has 3 heteroatoms. The largest absolute Gasteiger partial charge is 0.491 e. The van der Waals surface area contributed by atoms with Crippen molar-refractivity contribution < 1.29 is 9.84 Å². The van der Waals surface area contributed by atoms with Gasteiger partial charge in [0.1, 0.15) is 5.75 Å². The van der Waals surface area contributed by atoms with E-state index in [0.29, 0.717) is 6.54 Å². The number of ether oxygens (including phenoxy) is 1. The second-order valence-corrected chi connectivity index (χ2v) is 4.31. The van der Waals surface area contributed by atoms with Crippen LogP contribution in [0.1, 0.15) is 33.6 Å². The van der Waals surface area contributed by atoms with E-state index in [1.54, 1.807) is 0 Å². The lowest BCUT2D eigenvalue weighted by Crippen LogP contribution is -2.18. The normalized spacial score (nSPS) is 14.1. The molecule has 0 fully saturated rings. The zero-order chi connectivity index (χ0) is 12.7. The summed E-state index contributed by atoms with van der Waals surface area (Å²) in [5.41, 5.74) is 0.985. The number of anilines is 1. The van der Waals surface area contributed by atoms with Crippen LogP contribution < -0.4 is 10.1 Å². The SMILES string of the molecule is CCC(O)CNc1cccc(OC(C)CC)c1. The summed E-state index contributed by atoms with van der Waals surface area (Å²) in [7, 11) is 0. The lowest BCUT2D eigenvalue weighted by atomic mass is 10.2. The zero-order valence-corrected chi connectivity index (χ0v) is 10.9. The molecule has 96 valence electrons. The van der Waals surface area contributed by atoms with E-state index in [1.165, 1.54) is 0 Å². The van der Waals surface area contributed by atoms with Crippen LogP contribution in [0.4, 0.5) is 5.69 Å². The van der Waals surface area contributed by atoms with Crippen molar-refractivity contribution in [3.8, 4) is 5.75 Å². The van der Waals surface area contributed by atoms with Crippen molar-refractivity contribution >= 4 is 5.69 Å². The average Bonchev–Trinajstić information content (AvgIpc) is 2.36. The first-order valence-corrected chi connectivity index (χ1v) is 6.34. The molecule has 1 aromatic carbocycles. The van der Waals surface area contributed by atoms with Crippen molar-refractivity contribution in [3.63, 3.8) is 0 Å². The van der Waals surface area contributed by atoms with Crippen LogP contribution >= 0.6 is 0 Å². The molecule has 0 aromatic heterocycles. The molecule has 0 aliphatic rings. The van der Waals surface area contributed by atoms with Gasteiger partial charge in [-0.1, -0.05) is 19.9 Å². The van der Waals surface area contributed by atoms with E-state index in [-0.39, 0.29) is 12.2 Å². The molecule has 0 aliphatic carbocycles. The third-order valence-corrected chi connectivity index (χ3v) is 2.76. The summed E-state index contributed by atoms with van der Waals surface area (Å²) in [6.45, 7) is 6.70. The van der Waals surface area contributed by atoms with E-state index in [4.69, 9.17) is 4.74 Å². The monoisotopic (exact) mass is 237 g/mol. The third-order valence-electron chi connectivity index (χ3n) is 2.76. The van der Waals surface area contributed by atoms with E-state index in [9.17, 15) is 5.11 Å². The second kappa shape index (κ2) is 7.17. The van der Waals surface area contributed by atoms with Gasteiger partial charge in [0.2, 0.25) is 0 Å². The smallest absolute Gasteiger partial charge is 0.121 e. The Kier molecular flexibility index (Phi) is 5.84. The molecule has 0 amide bonds. The van der Waals surface area contributed by atoms with Crippen LogP contribution in [0.3, 0.4) is 0 Å². The summed E-state index contributed by atoms with van der Waals surface area (Å²) in [4.78, 5) is 0. The Morgan fingerprint density at radius 2 is 2.06 bits per heavy atom. The quantitative estimate of drug-likeness (QED) is 0.766. The van der Waals surface area contributed by atoms with Crippen molar-refractivity contribution in [3.05, 3.63) is 24.3 Å². The first kappa shape index (κ1) is 13.8. The van der Waals surface area contributed by atoms with Crippen LogP contribution in [-0.4, -0.2) is 23.9 Å². The number of benzene rings is 1.